The zero-order valence-corrected chi connectivity index (χ0v) is 8.52. The van der Waals surface area contributed by atoms with Gasteiger partial charge in [0, 0.05) is 5.39 Å². The summed E-state index contributed by atoms with van der Waals surface area (Å²) < 4.78 is 14.9. The highest BCUT2D eigenvalue weighted by molar-refractivity contribution is 7.43. The van der Waals surface area contributed by atoms with Gasteiger partial charge in [0.15, 0.2) is 0 Å². The van der Waals surface area contributed by atoms with Gasteiger partial charge < -0.3 is 18.9 Å². The summed E-state index contributed by atoms with van der Waals surface area (Å²) in [5, 5.41) is 1.43. The summed E-state index contributed by atoms with van der Waals surface area (Å²) in [6.07, 6.45) is 0. The minimum atomic E-state index is -4.99. The van der Waals surface area contributed by atoms with E-state index in [4.69, 9.17) is 0 Å². The van der Waals surface area contributed by atoms with E-state index in [-0.39, 0.29) is 5.75 Å². The number of phosphoric ester groups is 1. The van der Waals surface area contributed by atoms with E-state index in [0.29, 0.717) is 5.39 Å². The summed E-state index contributed by atoms with van der Waals surface area (Å²) in [5.41, 5.74) is 0. The van der Waals surface area contributed by atoms with E-state index in [2.05, 4.69) is 4.52 Å². The normalized spacial score (nSPS) is 11.6. The lowest BCUT2D eigenvalue weighted by atomic mass is 10.1. The Morgan fingerprint density at radius 3 is 2.40 bits per heavy atom. The Morgan fingerprint density at radius 1 is 1.00 bits per heavy atom. The fourth-order valence-electron chi connectivity index (χ4n) is 1.40. The molecule has 0 unspecified atom stereocenters. The molecule has 2 rings (SSSR count). The van der Waals surface area contributed by atoms with E-state index in [0.717, 1.165) is 5.39 Å². The van der Waals surface area contributed by atoms with Crippen molar-refractivity contribution in [2.24, 2.45) is 0 Å². The van der Waals surface area contributed by atoms with Crippen molar-refractivity contribution in [2.45, 2.75) is 0 Å². The third-order valence-corrected chi connectivity index (χ3v) is 2.38. The van der Waals surface area contributed by atoms with Crippen LogP contribution in [0.4, 0.5) is 0 Å². The minimum absolute atomic E-state index is 0.0708. The number of rotatable bonds is 2. The van der Waals surface area contributed by atoms with Crippen LogP contribution >= 0.6 is 7.82 Å². The largest absolute Gasteiger partial charge is 0.780 e. The van der Waals surface area contributed by atoms with E-state index in [1.807, 2.05) is 18.2 Å². The Bertz CT molecular complexity index is 526. The van der Waals surface area contributed by atoms with Crippen LogP contribution in [0.15, 0.2) is 42.5 Å². The van der Waals surface area contributed by atoms with Crippen molar-refractivity contribution in [3.05, 3.63) is 42.5 Å². The van der Waals surface area contributed by atoms with Crippen molar-refractivity contribution < 1.29 is 18.9 Å². The molecule has 0 bridgehead atoms. The molecular weight excluding hydrogens is 215 g/mol. The molecule has 0 amide bonds. The van der Waals surface area contributed by atoms with Gasteiger partial charge in [-0.15, -0.1) is 0 Å². The fraction of sp³-hybridized carbons (Fsp3) is 0. The molecule has 2 aromatic rings. The monoisotopic (exact) mass is 222 g/mol. The first-order valence-corrected chi connectivity index (χ1v) is 5.72. The van der Waals surface area contributed by atoms with Crippen LogP contribution in [-0.2, 0) is 4.57 Å². The molecule has 2 aromatic carbocycles. The maximum Gasteiger partial charge on any atom is 0.132 e. The summed E-state index contributed by atoms with van der Waals surface area (Å²) >= 11 is 0. The lowest BCUT2D eigenvalue weighted by Gasteiger charge is -2.29. The van der Waals surface area contributed by atoms with Gasteiger partial charge in [0.2, 0.25) is 0 Å². The molecule has 0 saturated heterocycles. The smallest absolute Gasteiger partial charge is 0.132 e. The minimum Gasteiger partial charge on any atom is -0.780 e. The molecule has 4 nitrogen and oxygen atoms in total. The van der Waals surface area contributed by atoms with Crippen LogP contribution in [0, 0.1) is 0 Å². The van der Waals surface area contributed by atoms with Gasteiger partial charge in [0.05, 0.1) is 0 Å². The van der Waals surface area contributed by atoms with E-state index in [1.165, 1.54) is 6.07 Å². The van der Waals surface area contributed by atoms with Gasteiger partial charge in [0.25, 0.3) is 0 Å². The van der Waals surface area contributed by atoms with Gasteiger partial charge in [0.1, 0.15) is 13.6 Å². The summed E-state index contributed by atoms with van der Waals surface area (Å²) in [4.78, 5) is 21.0. The second-order valence-electron chi connectivity index (χ2n) is 3.02. The second kappa shape index (κ2) is 3.66. The second-order valence-corrected chi connectivity index (χ2v) is 4.09. The van der Waals surface area contributed by atoms with Crippen molar-refractivity contribution in [3.63, 3.8) is 0 Å². The van der Waals surface area contributed by atoms with Gasteiger partial charge in [-0.1, -0.05) is 36.4 Å². The van der Waals surface area contributed by atoms with Crippen LogP contribution in [0.3, 0.4) is 0 Å². The van der Waals surface area contributed by atoms with Crippen LogP contribution in [0.25, 0.3) is 10.8 Å². The molecule has 0 atom stereocenters. The average Bonchev–Trinajstić information content (AvgIpc) is 2.16. The van der Waals surface area contributed by atoms with Crippen molar-refractivity contribution in [3.8, 4) is 5.75 Å². The maximum absolute atomic E-state index is 10.5. The number of hydrogen-bond donors (Lipinski definition) is 0. The number of fused-ring (bicyclic) bond motifs is 1. The lowest BCUT2D eigenvalue weighted by Crippen LogP contribution is -2.18. The number of hydrogen-bond acceptors (Lipinski definition) is 4. The standard InChI is InChI=1S/C10H9O4P/c11-15(12,13)14-10-7-3-5-8-4-1-2-6-9(8)10/h1-7H,(H2,11,12,13)/p-2. The SMILES string of the molecule is O=P([O-])([O-])Oc1cccc2ccccc12. The van der Waals surface area contributed by atoms with Gasteiger partial charge in [-0.25, -0.2) is 0 Å². The summed E-state index contributed by atoms with van der Waals surface area (Å²) in [7, 11) is -4.99. The highest BCUT2D eigenvalue weighted by atomic mass is 31.2. The summed E-state index contributed by atoms with van der Waals surface area (Å²) in [5.74, 6) is 0.0708. The topological polar surface area (TPSA) is 72.4 Å². The first-order chi connectivity index (χ1) is 7.06. The summed E-state index contributed by atoms with van der Waals surface area (Å²) in [6.45, 7) is 0. The molecule has 5 heteroatoms. The molecule has 0 aliphatic rings. The van der Waals surface area contributed by atoms with Gasteiger partial charge in [-0.05, 0) is 11.5 Å². The van der Waals surface area contributed by atoms with E-state index in [9.17, 15) is 14.4 Å². The number of phosphoric acid groups is 1. The molecule has 0 aliphatic carbocycles. The van der Waals surface area contributed by atoms with E-state index >= 15 is 0 Å². The molecule has 0 fully saturated rings. The molecular formula is C10H7O4P-2. The first-order valence-electron chi connectivity index (χ1n) is 4.26. The predicted molar refractivity (Wildman–Crippen MR) is 52.2 cm³/mol. The highest BCUT2D eigenvalue weighted by Crippen LogP contribution is 2.34. The van der Waals surface area contributed by atoms with Crippen molar-refractivity contribution in [1.82, 2.24) is 0 Å². The Hall–Kier alpha value is -1.35. The molecule has 0 radical (unpaired) electrons. The predicted octanol–water partition coefficient (Wildman–Crippen LogP) is 1.05. The molecule has 15 heavy (non-hydrogen) atoms. The van der Waals surface area contributed by atoms with Crippen LogP contribution in [0.2, 0.25) is 0 Å². The van der Waals surface area contributed by atoms with Crippen molar-refractivity contribution in [2.75, 3.05) is 0 Å². The molecule has 78 valence electrons. The fourth-order valence-corrected chi connectivity index (χ4v) is 1.80. The summed E-state index contributed by atoms with van der Waals surface area (Å²) in [6, 6.07) is 12.0. The highest BCUT2D eigenvalue weighted by Gasteiger charge is 2.02. The van der Waals surface area contributed by atoms with Crippen LogP contribution < -0.4 is 14.3 Å². The Balaban J connectivity index is 2.56. The zero-order valence-electron chi connectivity index (χ0n) is 7.62. The quantitative estimate of drug-likeness (QED) is 0.712. The lowest BCUT2D eigenvalue weighted by molar-refractivity contribution is -0.333. The molecule has 0 aromatic heterocycles. The Morgan fingerprint density at radius 2 is 1.67 bits per heavy atom. The molecule has 0 saturated carbocycles. The average molecular weight is 222 g/mol. The third kappa shape index (κ3) is 2.36. The molecule has 0 N–H and O–H groups in total. The van der Waals surface area contributed by atoms with Gasteiger partial charge >= 0.3 is 0 Å². The van der Waals surface area contributed by atoms with Crippen molar-refractivity contribution in [1.29, 1.82) is 0 Å². The first kappa shape index (κ1) is 10.2. The van der Waals surface area contributed by atoms with Crippen LogP contribution in [0.1, 0.15) is 0 Å². The van der Waals surface area contributed by atoms with Gasteiger partial charge in [-0.2, -0.15) is 0 Å². The Kier molecular flexibility index (Phi) is 2.49. The van der Waals surface area contributed by atoms with Crippen molar-refractivity contribution >= 4 is 18.6 Å². The molecule has 0 heterocycles. The maximum atomic E-state index is 10.5. The van der Waals surface area contributed by atoms with Crippen LogP contribution in [0.5, 0.6) is 5.75 Å². The molecule has 0 spiro atoms. The third-order valence-electron chi connectivity index (χ3n) is 1.96. The molecule has 0 aliphatic heterocycles. The van der Waals surface area contributed by atoms with Gasteiger partial charge in [-0.3, -0.25) is 0 Å². The Labute approximate surface area is 86.4 Å². The van der Waals surface area contributed by atoms with E-state index < -0.39 is 7.82 Å². The number of benzene rings is 2. The zero-order chi connectivity index (χ0) is 10.9. The van der Waals surface area contributed by atoms with Crippen LogP contribution in [-0.4, -0.2) is 0 Å². The van der Waals surface area contributed by atoms with E-state index in [1.54, 1.807) is 18.2 Å².